The van der Waals surface area contributed by atoms with E-state index in [1.54, 1.807) is 5.57 Å². The fourth-order valence-electron chi connectivity index (χ4n) is 6.15. The van der Waals surface area contributed by atoms with Crippen LogP contribution in [0.15, 0.2) is 59.3 Å². The van der Waals surface area contributed by atoms with E-state index >= 15 is 0 Å². The first-order valence-electron chi connectivity index (χ1n) is 12.6. The molecule has 5 atom stereocenters. The average Bonchev–Trinajstić information content (AvgIpc) is 3.12. The summed E-state index contributed by atoms with van der Waals surface area (Å²) in [5.74, 6) is 1.05. The van der Waals surface area contributed by atoms with Crippen LogP contribution in [-0.4, -0.2) is 27.3 Å². The lowest BCUT2D eigenvalue weighted by molar-refractivity contribution is 0.0824. The van der Waals surface area contributed by atoms with Crippen LogP contribution in [0.4, 0.5) is 0 Å². The van der Waals surface area contributed by atoms with Gasteiger partial charge in [-0.3, -0.25) is 0 Å². The van der Waals surface area contributed by atoms with E-state index in [0.29, 0.717) is 24.7 Å². The highest BCUT2D eigenvalue weighted by atomic mass is 35.5. The van der Waals surface area contributed by atoms with Crippen LogP contribution in [0.25, 0.3) is 0 Å². The maximum atomic E-state index is 10.6. The van der Waals surface area contributed by atoms with Crippen LogP contribution in [0.5, 0.6) is 0 Å². The van der Waals surface area contributed by atoms with Gasteiger partial charge < -0.3 is 10.2 Å². The molecule has 0 aliphatic heterocycles. The van der Waals surface area contributed by atoms with Crippen LogP contribution < -0.4 is 0 Å². The summed E-state index contributed by atoms with van der Waals surface area (Å²) in [5, 5.41) is 20.5. The zero-order valence-corrected chi connectivity index (χ0v) is 21.3. The van der Waals surface area contributed by atoms with Gasteiger partial charge in [0.1, 0.15) is 0 Å². The Hall–Kier alpha value is -1.09. The van der Waals surface area contributed by atoms with Gasteiger partial charge in [-0.1, -0.05) is 75.8 Å². The molecule has 3 aliphatic rings. The van der Waals surface area contributed by atoms with Crippen molar-refractivity contribution >= 4 is 11.6 Å². The molecule has 0 aromatic rings. The largest absolute Gasteiger partial charge is 0.393 e. The van der Waals surface area contributed by atoms with Crippen molar-refractivity contribution in [2.45, 2.75) is 103 Å². The molecule has 3 aliphatic carbocycles. The molecule has 3 heteroatoms. The molecule has 2 saturated carbocycles. The molecule has 0 heterocycles. The van der Waals surface area contributed by atoms with Crippen LogP contribution in [0.2, 0.25) is 0 Å². The first-order valence-corrected chi connectivity index (χ1v) is 13.1. The third-order valence-corrected chi connectivity index (χ3v) is 8.95. The Morgan fingerprint density at radius 2 is 2.03 bits per heavy atom. The normalized spacial score (nSPS) is 34.9. The molecule has 0 aromatic carbocycles. The monoisotopic (exact) mass is 458 g/mol. The van der Waals surface area contributed by atoms with E-state index in [-0.39, 0.29) is 16.9 Å². The second-order valence-corrected chi connectivity index (χ2v) is 11.1. The van der Waals surface area contributed by atoms with Crippen LogP contribution in [0.3, 0.4) is 0 Å². The number of aliphatic hydroxyl groups excluding tert-OH is 1. The number of hydrogen-bond donors (Lipinski definition) is 2. The second kappa shape index (κ2) is 10.5. The topological polar surface area (TPSA) is 40.5 Å². The molecule has 0 aromatic heterocycles. The molecule has 0 saturated heterocycles. The van der Waals surface area contributed by atoms with Gasteiger partial charge in [-0.05, 0) is 86.2 Å². The Morgan fingerprint density at radius 1 is 1.31 bits per heavy atom. The van der Waals surface area contributed by atoms with Crippen molar-refractivity contribution in [3.63, 3.8) is 0 Å². The minimum absolute atomic E-state index is 0.160. The van der Waals surface area contributed by atoms with Crippen molar-refractivity contribution in [2.24, 2.45) is 17.3 Å². The number of halogens is 1. The molecule has 2 N–H and O–H groups in total. The van der Waals surface area contributed by atoms with Crippen LogP contribution in [0.1, 0.15) is 85.5 Å². The summed E-state index contributed by atoms with van der Waals surface area (Å²) in [6.07, 6.45) is 19.3. The fourth-order valence-corrected chi connectivity index (χ4v) is 6.50. The summed E-state index contributed by atoms with van der Waals surface area (Å²) >= 11 is 6.38. The van der Waals surface area contributed by atoms with Gasteiger partial charge in [-0.25, -0.2) is 0 Å². The highest BCUT2D eigenvalue weighted by Gasteiger charge is 2.45. The van der Waals surface area contributed by atoms with Gasteiger partial charge in [-0.2, -0.15) is 0 Å². The average molecular weight is 459 g/mol. The predicted molar refractivity (Wildman–Crippen MR) is 137 cm³/mol. The van der Waals surface area contributed by atoms with E-state index in [2.05, 4.69) is 44.7 Å². The number of rotatable bonds is 7. The molecule has 5 unspecified atom stereocenters. The van der Waals surface area contributed by atoms with Gasteiger partial charge in [0, 0.05) is 0 Å². The van der Waals surface area contributed by atoms with Crippen LogP contribution >= 0.6 is 11.6 Å². The summed E-state index contributed by atoms with van der Waals surface area (Å²) in [7, 11) is 0. The van der Waals surface area contributed by atoms with E-state index in [1.165, 1.54) is 18.4 Å². The molecule has 0 amide bonds. The molecule has 178 valence electrons. The smallest absolute Gasteiger partial charge is 0.0822 e. The zero-order chi connectivity index (χ0) is 23.5. The third kappa shape index (κ3) is 5.34. The van der Waals surface area contributed by atoms with Gasteiger partial charge in [-0.15, -0.1) is 11.6 Å². The Morgan fingerprint density at radius 3 is 2.72 bits per heavy atom. The Kier molecular flexibility index (Phi) is 8.34. The summed E-state index contributed by atoms with van der Waals surface area (Å²) < 4.78 is 0. The second-order valence-electron chi connectivity index (χ2n) is 10.6. The summed E-state index contributed by atoms with van der Waals surface area (Å²) in [6.45, 7) is 13.1. The maximum Gasteiger partial charge on any atom is 0.0822 e. The Balaban J connectivity index is 1.73. The van der Waals surface area contributed by atoms with Gasteiger partial charge in [0.05, 0.1) is 17.1 Å². The fraction of sp³-hybridized carbons (Fsp3) is 0.655. The number of aliphatic hydroxyl groups is 2. The lowest BCUT2D eigenvalue weighted by Gasteiger charge is -2.42. The van der Waals surface area contributed by atoms with E-state index in [1.807, 2.05) is 19.9 Å². The minimum atomic E-state index is -0.663. The highest BCUT2D eigenvalue weighted by molar-refractivity contribution is 6.22. The van der Waals surface area contributed by atoms with E-state index in [4.69, 9.17) is 11.6 Å². The number of hydrogen-bond acceptors (Lipinski definition) is 2. The van der Waals surface area contributed by atoms with Crippen molar-refractivity contribution in [3.05, 3.63) is 59.3 Å². The van der Waals surface area contributed by atoms with E-state index < -0.39 is 5.60 Å². The molecule has 0 bridgehead atoms. The van der Waals surface area contributed by atoms with Crippen molar-refractivity contribution in [3.8, 4) is 0 Å². The third-order valence-electron chi connectivity index (χ3n) is 8.51. The van der Waals surface area contributed by atoms with Crippen LogP contribution in [-0.2, 0) is 0 Å². The first kappa shape index (κ1) is 25.5. The van der Waals surface area contributed by atoms with Gasteiger partial charge >= 0.3 is 0 Å². The lowest BCUT2D eigenvalue weighted by Crippen LogP contribution is -2.32. The molecule has 2 fully saturated rings. The number of alkyl halides is 1. The van der Waals surface area contributed by atoms with Gasteiger partial charge in [0.15, 0.2) is 0 Å². The molecule has 2 nitrogen and oxygen atoms in total. The van der Waals surface area contributed by atoms with Crippen molar-refractivity contribution in [1.29, 1.82) is 0 Å². The predicted octanol–water partition coefficient (Wildman–Crippen LogP) is 7.43. The molecule has 32 heavy (non-hydrogen) atoms. The molecular weight excluding hydrogens is 416 g/mol. The summed E-state index contributed by atoms with van der Waals surface area (Å²) in [6, 6.07) is 0. The molecular formula is C29H43ClO2. The Labute approximate surface area is 200 Å². The quantitative estimate of drug-likeness (QED) is 0.307. The molecule has 3 rings (SSSR count). The standard InChI is InChI=1S/C29H43ClO2/c1-6-29(32,7-2)17-8-10-20(3)25-14-15-26-22(11-9-16-28(25,26)5)12-13-23-18-24(31)19-27(30)21(23)4/h8,12-14,17,20,24,26-27,31-32H,4,6-7,9-11,15-16,18-19H2,1-3,5H3/b17-8+,22-12+,23-13-. The molecule has 0 radical (unpaired) electrons. The van der Waals surface area contributed by atoms with Gasteiger partial charge in [0.2, 0.25) is 0 Å². The van der Waals surface area contributed by atoms with Crippen LogP contribution in [0, 0.1) is 17.3 Å². The number of allylic oxidation sites excluding steroid dienone is 7. The summed E-state index contributed by atoms with van der Waals surface area (Å²) in [5.41, 5.74) is 4.76. The maximum absolute atomic E-state index is 10.6. The van der Waals surface area contributed by atoms with Gasteiger partial charge in [0.25, 0.3) is 0 Å². The Bertz CT molecular complexity index is 813. The highest BCUT2D eigenvalue weighted by Crippen LogP contribution is 2.57. The van der Waals surface area contributed by atoms with Crippen molar-refractivity contribution < 1.29 is 10.2 Å². The summed E-state index contributed by atoms with van der Waals surface area (Å²) in [4.78, 5) is 0. The zero-order valence-electron chi connectivity index (χ0n) is 20.5. The van der Waals surface area contributed by atoms with E-state index in [9.17, 15) is 10.2 Å². The van der Waals surface area contributed by atoms with Crippen molar-refractivity contribution in [1.82, 2.24) is 0 Å². The van der Waals surface area contributed by atoms with E-state index in [0.717, 1.165) is 43.3 Å². The van der Waals surface area contributed by atoms with Crippen molar-refractivity contribution in [2.75, 3.05) is 0 Å². The first-order chi connectivity index (χ1) is 15.1. The lowest BCUT2D eigenvalue weighted by atomic mass is 9.62. The SMILES string of the molecule is C=C1/C(=C\C=C2/CCCC3(C)C(C(C)C/C=C/C(O)(CC)CC)=CCC23)CC(O)CC1Cl. The number of fused-ring (bicyclic) bond motifs is 1. The molecule has 0 spiro atoms. The minimum Gasteiger partial charge on any atom is -0.393 e.